The molecule has 170 valence electrons. The lowest BCUT2D eigenvalue weighted by Crippen LogP contribution is -2.35. The van der Waals surface area contributed by atoms with Gasteiger partial charge in [0, 0.05) is 11.8 Å². The van der Waals surface area contributed by atoms with Gasteiger partial charge in [0.05, 0.1) is 0 Å². The first-order valence-corrected chi connectivity index (χ1v) is 13.2. The second kappa shape index (κ2) is 8.58. The van der Waals surface area contributed by atoms with Crippen LogP contribution in [0.15, 0.2) is 97.1 Å². The fourth-order valence-electron chi connectivity index (χ4n) is 7.39. The molecule has 0 bridgehead atoms. The van der Waals surface area contributed by atoms with E-state index in [1.54, 1.807) is 0 Å². The Morgan fingerprint density at radius 1 is 0.471 bits per heavy atom. The Bertz CT molecular complexity index is 1140. The molecule has 0 saturated carbocycles. The maximum Gasteiger partial charge on any atom is 0.0167 e. The van der Waals surface area contributed by atoms with Gasteiger partial charge in [-0.05, 0) is 62.8 Å². The first-order chi connectivity index (χ1) is 16.8. The summed E-state index contributed by atoms with van der Waals surface area (Å²) in [7, 11) is 0. The molecule has 2 aliphatic rings. The molecule has 0 radical (unpaired) electrons. The number of unbranched alkanes of at least 4 members (excludes halogenated alkanes) is 1. The minimum atomic E-state index is 0.135. The monoisotopic (exact) mass is 442 g/mol. The predicted molar refractivity (Wildman–Crippen MR) is 144 cm³/mol. The van der Waals surface area contributed by atoms with Crippen LogP contribution in [-0.2, 0) is 0 Å². The summed E-state index contributed by atoms with van der Waals surface area (Å²) in [5.74, 6) is 0.825. The highest BCUT2D eigenvalue weighted by molar-refractivity contribution is 5.82. The third-order valence-corrected chi connectivity index (χ3v) is 8.53. The Labute approximate surface area is 204 Å². The van der Waals surface area contributed by atoms with Gasteiger partial charge in [-0.3, -0.25) is 0 Å². The summed E-state index contributed by atoms with van der Waals surface area (Å²) in [6, 6.07) is 36.9. The van der Waals surface area contributed by atoms with Crippen LogP contribution in [0.1, 0.15) is 80.0 Å². The van der Waals surface area contributed by atoms with E-state index < -0.39 is 0 Å². The summed E-state index contributed by atoms with van der Waals surface area (Å²) in [5, 5.41) is 0. The Hall–Kier alpha value is -3.12. The van der Waals surface area contributed by atoms with E-state index in [-0.39, 0.29) is 5.41 Å². The molecule has 0 N–H and O–H groups in total. The van der Waals surface area contributed by atoms with E-state index in [9.17, 15) is 0 Å². The van der Waals surface area contributed by atoms with Gasteiger partial charge in [0.15, 0.2) is 0 Å². The van der Waals surface area contributed by atoms with Gasteiger partial charge >= 0.3 is 0 Å². The highest BCUT2D eigenvalue weighted by atomic mass is 14.5. The number of fused-ring (bicyclic) bond motifs is 6. The van der Waals surface area contributed by atoms with Gasteiger partial charge in [-0.2, -0.15) is 0 Å². The largest absolute Gasteiger partial charge is 0.0654 e. The van der Waals surface area contributed by atoms with E-state index in [4.69, 9.17) is 0 Å². The molecular weight excluding hydrogens is 408 g/mol. The highest BCUT2D eigenvalue weighted by Crippen LogP contribution is 2.65. The average molecular weight is 443 g/mol. The third kappa shape index (κ3) is 3.04. The van der Waals surface area contributed by atoms with Gasteiger partial charge in [-0.1, -0.05) is 130 Å². The maximum absolute atomic E-state index is 2.42. The van der Waals surface area contributed by atoms with E-state index in [2.05, 4.69) is 111 Å². The lowest BCUT2D eigenvalue weighted by Gasteiger charge is -2.46. The van der Waals surface area contributed by atoms with E-state index in [0.29, 0.717) is 11.8 Å². The minimum Gasteiger partial charge on any atom is -0.0654 e. The zero-order valence-electron chi connectivity index (χ0n) is 20.4. The van der Waals surface area contributed by atoms with Gasteiger partial charge in [0.25, 0.3) is 0 Å². The van der Waals surface area contributed by atoms with E-state index in [0.717, 1.165) is 0 Å². The van der Waals surface area contributed by atoms with E-state index in [1.807, 2.05) is 0 Å². The Morgan fingerprint density at radius 2 is 0.824 bits per heavy atom. The van der Waals surface area contributed by atoms with Crippen molar-refractivity contribution in [3.05, 3.63) is 119 Å². The second-order valence-electron chi connectivity index (χ2n) is 10.3. The molecule has 4 aromatic rings. The number of hydrogen-bond acceptors (Lipinski definition) is 0. The van der Waals surface area contributed by atoms with Crippen LogP contribution in [0.2, 0.25) is 0 Å². The van der Waals surface area contributed by atoms with Crippen molar-refractivity contribution in [2.45, 2.75) is 57.8 Å². The van der Waals surface area contributed by atoms with Crippen LogP contribution < -0.4 is 0 Å². The lowest BCUT2D eigenvalue weighted by molar-refractivity contribution is 0.170. The van der Waals surface area contributed by atoms with Gasteiger partial charge in [-0.15, -0.1) is 0 Å². The lowest BCUT2D eigenvalue weighted by atomic mass is 9.56. The van der Waals surface area contributed by atoms with Gasteiger partial charge in [0.1, 0.15) is 0 Å². The molecule has 0 amide bonds. The molecule has 34 heavy (non-hydrogen) atoms. The SMILES string of the molecule is CCCCC(CCC)(C1c2ccccc2-c2ccccc21)C1c2ccccc2-c2ccccc21. The molecule has 4 aromatic carbocycles. The number of hydrogen-bond donors (Lipinski definition) is 0. The summed E-state index contributed by atoms with van der Waals surface area (Å²) in [5.41, 5.74) is 12.1. The molecule has 0 aromatic heterocycles. The molecule has 6 rings (SSSR count). The smallest absolute Gasteiger partial charge is 0.0167 e. The topological polar surface area (TPSA) is 0 Å². The van der Waals surface area contributed by atoms with Crippen LogP contribution in [0.25, 0.3) is 22.3 Å². The predicted octanol–water partition coefficient (Wildman–Crippen LogP) is 9.59. The number of rotatable bonds is 7. The van der Waals surface area contributed by atoms with Crippen molar-refractivity contribution in [2.75, 3.05) is 0 Å². The third-order valence-electron chi connectivity index (χ3n) is 8.53. The van der Waals surface area contributed by atoms with Gasteiger partial charge in [0.2, 0.25) is 0 Å². The fourth-order valence-corrected chi connectivity index (χ4v) is 7.39. The minimum absolute atomic E-state index is 0.135. The van der Waals surface area contributed by atoms with E-state index in [1.165, 1.54) is 76.6 Å². The van der Waals surface area contributed by atoms with Crippen LogP contribution in [0.5, 0.6) is 0 Å². The molecule has 0 atom stereocenters. The van der Waals surface area contributed by atoms with Crippen LogP contribution in [0.4, 0.5) is 0 Å². The van der Waals surface area contributed by atoms with Crippen molar-refractivity contribution < 1.29 is 0 Å². The van der Waals surface area contributed by atoms with Crippen molar-refractivity contribution in [1.29, 1.82) is 0 Å². The maximum atomic E-state index is 2.42. The zero-order chi connectivity index (χ0) is 23.1. The van der Waals surface area contributed by atoms with Crippen LogP contribution >= 0.6 is 0 Å². The van der Waals surface area contributed by atoms with Crippen molar-refractivity contribution in [2.24, 2.45) is 5.41 Å². The van der Waals surface area contributed by atoms with Crippen molar-refractivity contribution in [3.8, 4) is 22.3 Å². The molecule has 0 heterocycles. The number of benzene rings is 4. The van der Waals surface area contributed by atoms with Crippen molar-refractivity contribution >= 4 is 0 Å². The van der Waals surface area contributed by atoms with Crippen LogP contribution in [-0.4, -0.2) is 0 Å². The Balaban J connectivity index is 1.66. The molecule has 0 spiro atoms. The Morgan fingerprint density at radius 3 is 1.15 bits per heavy atom. The summed E-state index contributed by atoms with van der Waals surface area (Å²) in [6.07, 6.45) is 6.18. The standard InChI is InChI=1S/C34H34/c1-3-5-23-34(22-4-2,32-28-18-10-6-14-24(28)25-15-7-11-19-29(25)32)33-30-20-12-8-16-26(30)27-17-9-13-21-31(27)33/h6-21,32-33H,3-5,22-23H2,1-2H3. The Kier molecular flexibility index (Phi) is 5.41. The molecule has 0 heteroatoms. The molecule has 0 nitrogen and oxygen atoms in total. The summed E-state index contributed by atoms with van der Waals surface area (Å²) in [4.78, 5) is 0. The molecule has 2 aliphatic carbocycles. The van der Waals surface area contributed by atoms with Gasteiger partial charge in [-0.25, -0.2) is 0 Å². The molecule has 0 saturated heterocycles. The average Bonchev–Trinajstić information content (AvgIpc) is 3.41. The van der Waals surface area contributed by atoms with Crippen LogP contribution in [0.3, 0.4) is 0 Å². The summed E-state index contributed by atoms with van der Waals surface area (Å²) < 4.78 is 0. The summed E-state index contributed by atoms with van der Waals surface area (Å²) >= 11 is 0. The molecular formula is C34H34. The first-order valence-electron chi connectivity index (χ1n) is 13.2. The zero-order valence-corrected chi connectivity index (χ0v) is 20.4. The fraction of sp³-hybridized carbons (Fsp3) is 0.294. The molecule has 0 unspecified atom stereocenters. The molecule has 0 fully saturated rings. The van der Waals surface area contributed by atoms with Crippen molar-refractivity contribution in [1.82, 2.24) is 0 Å². The highest BCUT2D eigenvalue weighted by Gasteiger charge is 2.52. The summed E-state index contributed by atoms with van der Waals surface area (Å²) in [6.45, 7) is 4.74. The van der Waals surface area contributed by atoms with E-state index >= 15 is 0 Å². The molecule has 0 aliphatic heterocycles. The second-order valence-corrected chi connectivity index (χ2v) is 10.3. The normalized spacial score (nSPS) is 14.5. The first kappa shape index (κ1) is 21.4. The van der Waals surface area contributed by atoms with Crippen LogP contribution in [0, 0.1) is 5.41 Å². The quantitative estimate of drug-likeness (QED) is 0.267. The van der Waals surface area contributed by atoms with Gasteiger partial charge < -0.3 is 0 Å². The van der Waals surface area contributed by atoms with Crippen molar-refractivity contribution in [3.63, 3.8) is 0 Å².